The maximum atomic E-state index is 11.7. The van der Waals surface area contributed by atoms with Crippen molar-refractivity contribution in [1.82, 2.24) is 9.13 Å². The number of aromatic nitrogens is 1. The molecule has 0 N–H and O–H groups in total. The summed E-state index contributed by atoms with van der Waals surface area (Å²) in [6, 6.07) is 2.26. The second-order valence-corrected chi connectivity index (χ2v) is 13.4. The summed E-state index contributed by atoms with van der Waals surface area (Å²) in [5, 5.41) is 0. The quantitative estimate of drug-likeness (QED) is 0.754. The van der Waals surface area contributed by atoms with Crippen molar-refractivity contribution < 1.29 is 4.79 Å². The highest BCUT2D eigenvalue weighted by atomic mass is 28.3. The normalized spacial score (nSPS) is 15.8. The van der Waals surface area contributed by atoms with E-state index in [0.717, 1.165) is 19.5 Å². The van der Waals surface area contributed by atoms with Crippen molar-refractivity contribution >= 4 is 14.1 Å². The molecule has 3 nitrogen and oxygen atoms in total. The summed E-state index contributed by atoms with van der Waals surface area (Å²) in [5.74, 6) is 0.193. The highest BCUT2D eigenvalue weighted by molar-refractivity contribution is 6.82. The smallest absolute Gasteiger partial charge is 0.219 e. The average molecular weight is 321 g/mol. The molecule has 0 unspecified atom stereocenters. The monoisotopic (exact) mass is 320 g/mol. The Kier molecular flexibility index (Phi) is 4.90. The van der Waals surface area contributed by atoms with Crippen molar-refractivity contribution in [2.75, 3.05) is 6.54 Å². The van der Waals surface area contributed by atoms with Crippen LogP contribution in [0.15, 0.2) is 12.3 Å². The Bertz CT molecular complexity index is 524. The molecule has 22 heavy (non-hydrogen) atoms. The minimum absolute atomic E-state index is 0.193. The van der Waals surface area contributed by atoms with Crippen LogP contribution in [-0.4, -0.2) is 29.8 Å². The molecule has 0 saturated carbocycles. The zero-order valence-corrected chi connectivity index (χ0v) is 16.3. The number of hydrogen-bond acceptors (Lipinski definition) is 1. The third-order valence-corrected chi connectivity index (χ3v) is 12.5. The first kappa shape index (κ1) is 17.3. The second kappa shape index (κ2) is 6.23. The van der Waals surface area contributed by atoms with E-state index >= 15 is 0 Å². The number of nitrogens with zero attached hydrogens (tertiary/aromatic N) is 2. The molecule has 1 aliphatic rings. The van der Waals surface area contributed by atoms with Crippen LogP contribution in [0, 0.1) is 0 Å². The molecule has 0 aromatic carbocycles. The zero-order valence-electron chi connectivity index (χ0n) is 15.3. The summed E-state index contributed by atoms with van der Waals surface area (Å²) in [5.41, 5.74) is 4.97. The predicted octanol–water partition coefficient (Wildman–Crippen LogP) is 4.42. The van der Waals surface area contributed by atoms with Gasteiger partial charge in [0.2, 0.25) is 5.91 Å². The Morgan fingerprint density at radius 3 is 2.09 bits per heavy atom. The van der Waals surface area contributed by atoms with Gasteiger partial charge in [-0.15, -0.1) is 0 Å². The van der Waals surface area contributed by atoms with Gasteiger partial charge in [0.15, 0.2) is 8.24 Å². The van der Waals surface area contributed by atoms with Gasteiger partial charge in [-0.25, -0.2) is 0 Å². The van der Waals surface area contributed by atoms with Crippen LogP contribution in [0.25, 0.3) is 0 Å². The first-order valence-electron chi connectivity index (χ1n) is 8.67. The van der Waals surface area contributed by atoms with Crippen molar-refractivity contribution in [2.45, 2.75) is 78.1 Å². The lowest BCUT2D eigenvalue weighted by atomic mass is 10.1. The minimum atomic E-state index is -1.67. The van der Waals surface area contributed by atoms with Crippen molar-refractivity contribution in [2.24, 2.45) is 0 Å². The van der Waals surface area contributed by atoms with Crippen molar-refractivity contribution in [3.63, 3.8) is 0 Å². The summed E-state index contributed by atoms with van der Waals surface area (Å²) in [6.07, 6.45) is 3.34. The third kappa shape index (κ3) is 2.55. The van der Waals surface area contributed by atoms with Gasteiger partial charge in [-0.05, 0) is 34.5 Å². The van der Waals surface area contributed by atoms with E-state index in [4.69, 9.17) is 0 Å². The molecule has 0 aliphatic carbocycles. The van der Waals surface area contributed by atoms with Crippen LogP contribution in [0.1, 0.15) is 59.7 Å². The number of fused-ring (bicyclic) bond motifs is 1. The molecule has 0 saturated heterocycles. The predicted molar refractivity (Wildman–Crippen MR) is 95.7 cm³/mol. The van der Waals surface area contributed by atoms with Crippen LogP contribution in [0.3, 0.4) is 0 Å². The lowest BCUT2D eigenvalue weighted by Gasteiger charge is -2.46. The van der Waals surface area contributed by atoms with Gasteiger partial charge in [0.05, 0.1) is 0 Å². The van der Waals surface area contributed by atoms with Crippen molar-refractivity contribution in [1.29, 1.82) is 0 Å². The van der Waals surface area contributed by atoms with Gasteiger partial charge < -0.3 is 9.13 Å². The third-order valence-electron chi connectivity index (χ3n) is 5.70. The summed E-state index contributed by atoms with van der Waals surface area (Å²) >= 11 is 0. The Morgan fingerprint density at radius 1 is 1.09 bits per heavy atom. The van der Waals surface area contributed by atoms with Gasteiger partial charge in [-0.2, -0.15) is 0 Å². The van der Waals surface area contributed by atoms with Crippen LogP contribution >= 0.6 is 0 Å². The van der Waals surface area contributed by atoms with E-state index in [1.54, 1.807) is 6.92 Å². The van der Waals surface area contributed by atoms with Crippen molar-refractivity contribution in [3.05, 3.63) is 23.5 Å². The van der Waals surface area contributed by atoms with Crippen LogP contribution in [0.4, 0.5) is 0 Å². The van der Waals surface area contributed by atoms with Crippen LogP contribution < -0.4 is 0 Å². The highest BCUT2D eigenvalue weighted by Crippen LogP contribution is 2.44. The van der Waals surface area contributed by atoms with Crippen LogP contribution in [-0.2, 0) is 17.8 Å². The standard InChI is InChI=1S/C18H32N2OSi/c1-13(2)22(14(3)4,15(5)6)20-11-8-17-12-19(16(7)21)10-9-18(17)20/h8,11,13-15H,9-10,12H2,1-7H3. The molecule has 1 amide bonds. The molecule has 2 heterocycles. The fourth-order valence-electron chi connectivity index (χ4n) is 4.92. The van der Waals surface area contributed by atoms with Gasteiger partial charge in [-0.1, -0.05) is 41.5 Å². The Balaban J connectivity index is 2.51. The number of carbonyl (C=O) groups is 1. The van der Waals surface area contributed by atoms with E-state index in [0.29, 0.717) is 16.6 Å². The molecule has 1 aliphatic heterocycles. The number of amides is 1. The topological polar surface area (TPSA) is 25.2 Å². The molecular weight excluding hydrogens is 288 g/mol. The molecule has 0 atom stereocenters. The fraction of sp³-hybridized carbons (Fsp3) is 0.722. The first-order chi connectivity index (χ1) is 10.2. The maximum Gasteiger partial charge on any atom is 0.219 e. The Morgan fingerprint density at radius 2 is 1.64 bits per heavy atom. The van der Waals surface area contributed by atoms with Gasteiger partial charge in [0.25, 0.3) is 0 Å². The van der Waals surface area contributed by atoms with E-state index in [-0.39, 0.29) is 5.91 Å². The van der Waals surface area contributed by atoms with Gasteiger partial charge >= 0.3 is 0 Å². The lowest BCUT2D eigenvalue weighted by Crippen LogP contribution is -2.53. The van der Waals surface area contributed by atoms with Crippen LogP contribution in [0.2, 0.25) is 16.6 Å². The van der Waals surface area contributed by atoms with Gasteiger partial charge in [0, 0.05) is 32.1 Å². The number of hydrogen-bond donors (Lipinski definition) is 0. The highest BCUT2D eigenvalue weighted by Gasteiger charge is 2.46. The molecular formula is C18H32N2OSi. The molecule has 0 fully saturated rings. The van der Waals surface area contributed by atoms with E-state index in [2.05, 4.69) is 58.0 Å². The average Bonchev–Trinajstić information content (AvgIpc) is 2.81. The summed E-state index contributed by atoms with van der Waals surface area (Å²) in [4.78, 5) is 13.6. The van der Waals surface area contributed by atoms with E-state index in [9.17, 15) is 4.79 Å². The second-order valence-electron chi connectivity index (χ2n) is 7.70. The molecule has 1 aromatic heterocycles. The van der Waals surface area contributed by atoms with Gasteiger partial charge in [-0.3, -0.25) is 4.79 Å². The summed E-state index contributed by atoms with van der Waals surface area (Å²) < 4.78 is 2.69. The molecule has 0 radical (unpaired) electrons. The molecule has 0 spiro atoms. The molecule has 2 rings (SSSR count). The van der Waals surface area contributed by atoms with E-state index < -0.39 is 8.24 Å². The lowest BCUT2D eigenvalue weighted by molar-refractivity contribution is -0.129. The number of rotatable bonds is 4. The van der Waals surface area contributed by atoms with Crippen molar-refractivity contribution in [3.8, 4) is 0 Å². The maximum absolute atomic E-state index is 11.7. The van der Waals surface area contributed by atoms with E-state index in [1.807, 2.05) is 4.90 Å². The molecule has 124 valence electrons. The van der Waals surface area contributed by atoms with Gasteiger partial charge in [0.1, 0.15) is 0 Å². The summed E-state index contributed by atoms with van der Waals surface area (Å²) in [7, 11) is -1.67. The largest absolute Gasteiger partial charge is 0.377 e. The van der Waals surface area contributed by atoms with Crippen LogP contribution in [0.5, 0.6) is 0 Å². The summed E-state index contributed by atoms with van der Waals surface area (Å²) in [6.45, 7) is 17.8. The minimum Gasteiger partial charge on any atom is -0.377 e. The SMILES string of the molecule is CC(=O)N1CCc2c(ccn2[Si](C(C)C)(C(C)C)C(C)C)C1. The Labute approximate surface area is 136 Å². The Hall–Kier alpha value is -1.03. The van der Waals surface area contributed by atoms with E-state index in [1.165, 1.54) is 11.3 Å². The first-order valence-corrected chi connectivity index (χ1v) is 10.9. The molecule has 0 bridgehead atoms. The number of carbonyl (C=O) groups excluding carboxylic acids is 1. The fourth-order valence-corrected chi connectivity index (χ4v) is 11.6. The zero-order chi connectivity index (χ0) is 16.7. The molecule has 4 heteroatoms. The molecule has 1 aromatic rings.